The number of methoxy groups -OCH3 is 1. The van der Waals surface area contributed by atoms with E-state index in [1.807, 2.05) is 33.0 Å². The minimum atomic E-state index is 0.259. The minimum absolute atomic E-state index is 0.259. The quantitative estimate of drug-likeness (QED) is 0.747. The van der Waals surface area contributed by atoms with Crippen LogP contribution in [0.2, 0.25) is 0 Å². The summed E-state index contributed by atoms with van der Waals surface area (Å²) in [4.78, 5) is 0. The molecule has 4 heteroatoms. The second kappa shape index (κ2) is 8.77. The average Bonchev–Trinajstić information content (AvgIpc) is 2.43. The molecule has 0 fully saturated rings. The molecule has 0 saturated carbocycles. The summed E-state index contributed by atoms with van der Waals surface area (Å²) in [7, 11) is 3.67. The van der Waals surface area contributed by atoms with E-state index in [4.69, 9.17) is 14.2 Å². The van der Waals surface area contributed by atoms with E-state index in [2.05, 4.69) is 11.4 Å². The van der Waals surface area contributed by atoms with Crippen LogP contribution in [0.25, 0.3) is 0 Å². The van der Waals surface area contributed by atoms with E-state index >= 15 is 0 Å². The van der Waals surface area contributed by atoms with Gasteiger partial charge in [-0.2, -0.15) is 0 Å². The summed E-state index contributed by atoms with van der Waals surface area (Å²) < 4.78 is 16.4. The Morgan fingerprint density at radius 1 is 1.11 bits per heavy atom. The smallest absolute Gasteiger partial charge is 0.161 e. The van der Waals surface area contributed by atoms with Crippen molar-refractivity contribution in [2.24, 2.45) is 0 Å². The van der Waals surface area contributed by atoms with E-state index in [9.17, 15) is 0 Å². The molecule has 1 aromatic carbocycles. The van der Waals surface area contributed by atoms with Crippen LogP contribution < -0.4 is 14.8 Å². The molecule has 0 aliphatic carbocycles. The van der Waals surface area contributed by atoms with Gasteiger partial charge in [0.1, 0.15) is 0 Å². The molecule has 0 radical (unpaired) electrons. The highest BCUT2D eigenvalue weighted by Crippen LogP contribution is 2.31. The molecule has 4 nitrogen and oxygen atoms in total. The lowest BCUT2D eigenvalue weighted by Crippen LogP contribution is -2.18. The second-order valence-electron chi connectivity index (χ2n) is 4.19. The van der Waals surface area contributed by atoms with E-state index in [-0.39, 0.29) is 6.04 Å². The van der Waals surface area contributed by atoms with Gasteiger partial charge in [-0.1, -0.05) is 6.07 Å². The first kappa shape index (κ1) is 15.8. The Hall–Kier alpha value is -1.26. The second-order valence-corrected chi connectivity index (χ2v) is 4.19. The van der Waals surface area contributed by atoms with Crippen LogP contribution in [0.5, 0.6) is 11.5 Å². The Bertz CT molecular complexity index is 368. The van der Waals surface area contributed by atoms with Crippen molar-refractivity contribution in [2.45, 2.75) is 26.3 Å². The molecule has 0 aromatic heterocycles. The zero-order valence-electron chi connectivity index (χ0n) is 12.4. The third-order valence-electron chi connectivity index (χ3n) is 2.93. The maximum Gasteiger partial charge on any atom is 0.161 e. The van der Waals surface area contributed by atoms with Crippen LogP contribution in [-0.4, -0.2) is 34.0 Å². The van der Waals surface area contributed by atoms with Crippen LogP contribution in [0.1, 0.15) is 31.9 Å². The summed E-state index contributed by atoms with van der Waals surface area (Å²) in [5.41, 5.74) is 1.19. The molecule has 1 atom stereocenters. The number of hydrogen-bond donors (Lipinski definition) is 1. The number of ether oxygens (including phenoxy) is 3. The zero-order valence-corrected chi connectivity index (χ0v) is 12.4. The molecule has 0 aliphatic rings. The fourth-order valence-corrected chi connectivity index (χ4v) is 2.00. The standard InChI is InChI=1S/C15H25NO3/c1-5-18-14-8-7-12(11-15(14)19-6-2)13(16-3)9-10-17-4/h7-8,11,13,16H,5-6,9-10H2,1-4H3. The summed E-state index contributed by atoms with van der Waals surface area (Å²) in [6.07, 6.45) is 0.923. The van der Waals surface area contributed by atoms with Crippen LogP contribution in [0.4, 0.5) is 0 Å². The van der Waals surface area contributed by atoms with Gasteiger partial charge < -0.3 is 19.5 Å². The molecule has 19 heavy (non-hydrogen) atoms. The molecule has 0 bridgehead atoms. The Morgan fingerprint density at radius 3 is 2.37 bits per heavy atom. The van der Waals surface area contributed by atoms with Crippen LogP contribution in [0, 0.1) is 0 Å². The zero-order chi connectivity index (χ0) is 14.1. The highest BCUT2D eigenvalue weighted by Gasteiger charge is 2.13. The van der Waals surface area contributed by atoms with Crippen molar-refractivity contribution in [1.29, 1.82) is 0 Å². The maximum absolute atomic E-state index is 5.65. The largest absolute Gasteiger partial charge is 0.490 e. The van der Waals surface area contributed by atoms with Crippen molar-refractivity contribution in [2.75, 3.05) is 34.0 Å². The first-order valence-corrected chi connectivity index (χ1v) is 6.82. The van der Waals surface area contributed by atoms with Crippen molar-refractivity contribution < 1.29 is 14.2 Å². The van der Waals surface area contributed by atoms with Crippen molar-refractivity contribution in [1.82, 2.24) is 5.32 Å². The fraction of sp³-hybridized carbons (Fsp3) is 0.600. The molecular formula is C15H25NO3. The predicted molar refractivity (Wildman–Crippen MR) is 77.1 cm³/mol. The highest BCUT2D eigenvalue weighted by molar-refractivity contribution is 5.44. The van der Waals surface area contributed by atoms with Gasteiger partial charge >= 0.3 is 0 Å². The monoisotopic (exact) mass is 267 g/mol. The normalized spacial score (nSPS) is 12.2. The van der Waals surface area contributed by atoms with Gasteiger partial charge in [-0.05, 0) is 45.0 Å². The molecule has 1 rings (SSSR count). The number of rotatable bonds is 9. The van der Waals surface area contributed by atoms with Crippen LogP contribution in [0.15, 0.2) is 18.2 Å². The maximum atomic E-state index is 5.65. The van der Waals surface area contributed by atoms with Crippen LogP contribution in [-0.2, 0) is 4.74 Å². The topological polar surface area (TPSA) is 39.7 Å². The first-order chi connectivity index (χ1) is 9.26. The van der Waals surface area contributed by atoms with Crippen LogP contribution in [0.3, 0.4) is 0 Å². The Labute approximate surface area is 116 Å². The Morgan fingerprint density at radius 2 is 1.79 bits per heavy atom. The minimum Gasteiger partial charge on any atom is -0.490 e. The van der Waals surface area contributed by atoms with Crippen molar-refractivity contribution in [3.05, 3.63) is 23.8 Å². The molecule has 0 spiro atoms. The van der Waals surface area contributed by atoms with E-state index < -0.39 is 0 Å². The van der Waals surface area contributed by atoms with Crippen molar-refractivity contribution in [3.63, 3.8) is 0 Å². The number of nitrogens with one attached hydrogen (secondary N) is 1. The van der Waals surface area contributed by atoms with Crippen LogP contribution >= 0.6 is 0 Å². The molecule has 1 unspecified atom stereocenters. The molecule has 1 N–H and O–H groups in total. The van der Waals surface area contributed by atoms with Crippen molar-refractivity contribution in [3.8, 4) is 11.5 Å². The molecule has 0 aliphatic heterocycles. The predicted octanol–water partition coefficient (Wildman–Crippen LogP) is 2.78. The van der Waals surface area contributed by atoms with Gasteiger partial charge in [0.05, 0.1) is 13.2 Å². The highest BCUT2D eigenvalue weighted by atomic mass is 16.5. The molecule has 0 amide bonds. The molecule has 0 heterocycles. The molecule has 0 saturated heterocycles. The summed E-state index contributed by atoms with van der Waals surface area (Å²) in [6, 6.07) is 6.35. The van der Waals surface area contributed by atoms with E-state index in [1.165, 1.54) is 5.56 Å². The van der Waals surface area contributed by atoms with Gasteiger partial charge in [-0.15, -0.1) is 0 Å². The average molecular weight is 267 g/mol. The third kappa shape index (κ3) is 4.73. The van der Waals surface area contributed by atoms with E-state index in [0.717, 1.165) is 24.5 Å². The van der Waals surface area contributed by atoms with Crippen molar-refractivity contribution >= 4 is 0 Å². The summed E-state index contributed by atoms with van der Waals surface area (Å²) >= 11 is 0. The summed E-state index contributed by atoms with van der Waals surface area (Å²) in [6.45, 7) is 5.94. The fourth-order valence-electron chi connectivity index (χ4n) is 2.00. The Balaban J connectivity index is 2.91. The van der Waals surface area contributed by atoms with Gasteiger partial charge in [0, 0.05) is 19.8 Å². The lowest BCUT2D eigenvalue weighted by atomic mass is 10.0. The molecule has 1 aromatic rings. The number of hydrogen-bond acceptors (Lipinski definition) is 4. The molecular weight excluding hydrogens is 242 g/mol. The molecule has 108 valence electrons. The van der Waals surface area contributed by atoms with E-state index in [1.54, 1.807) is 7.11 Å². The van der Waals surface area contributed by atoms with Gasteiger partial charge in [0.2, 0.25) is 0 Å². The third-order valence-corrected chi connectivity index (χ3v) is 2.93. The summed E-state index contributed by atoms with van der Waals surface area (Å²) in [5, 5.41) is 3.30. The van der Waals surface area contributed by atoms with Gasteiger partial charge in [0.25, 0.3) is 0 Å². The first-order valence-electron chi connectivity index (χ1n) is 6.82. The Kier molecular flexibility index (Phi) is 7.30. The summed E-state index contributed by atoms with van der Waals surface area (Å²) in [5.74, 6) is 1.61. The number of benzene rings is 1. The van der Waals surface area contributed by atoms with Gasteiger partial charge in [0.15, 0.2) is 11.5 Å². The SMILES string of the molecule is CCOc1ccc(C(CCOC)NC)cc1OCC. The van der Waals surface area contributed by atoms with E-state index in [0.29, 0.717) is 13.2 Å². The lowest BCUT2D eigenvalue weighted by Gasteiger charge is -2.18. The lowest BCUT2D eigenvalue weighted by molar-refractivity contribution is 0.184. The van der Waals surface area contributed by atoms with Gasteiger partial charge in [-0.3, -0.25) is 0 Å². The van der Waals surface area contributed by atoms with Gasteiger partial charge in [-0.25, -0.2) is 0 Å².